The Labute approximate surface area is 106 Å². The fourth-order valence-corrected chi connectivity index (χ4v) is 2.53. The van der Waals surface area contributed by atoms with Gasteiger partial charge in [0, 0.05) is 26.0 Å². The van der Waals surface area contributed by atoms with Gasteiger partial charge in [-0.2, -0.15) is 5.10 Å². The molecule has 0 aromatic carbocycles. The summed E-state index contributed by atoms with van der Waals surface area (Å²) in [6.45, 7) is 2.52. The lowest BCUT2D eigenvalue weighted by atomic mass is 10.2. The van der Waals surface area contributed by atoms with E-state index in [1.807, 2.05) is 11.8 Å². The number of H-pyrrole nitrogens is 1. The van der Waals surface area contributed by atoms with Crippen molar-refractivity contribution in [3.63, 3.8) is 0 Å². The lowest BCUT2D eigenvalue weighted by molar-refractivity contribution is -0.134. The van der Waals surface area contributed by atoms with E-state index in [0.29, 0.717) is 12.4 Å². The van der Waals surface area contributed by atoms with Crippen molar-refractivity contribution in [3.05, 3.63) is 11.6 Å². The van der Waals surface area contributed by atoms with Crippen molar-refractivity contribution in [2.45, 2.75) is 38.3 Å². The first-order valence-electron chi connectivity index (χ1n) is 6.41. The van der Waals surface area contributed by atoms with E-state index in [0.717, 1.165) is 25.1 Å². The van der Waals surface area contributed by atoms with Gasteiger partial charge in [0.05, 0.1) is 12.1 Å². The minimum atomic E-state index is -0.0343. The lowest BCUT2D eigenvalue weighted by Crippen LogP contribution is -2.33. The van der Waals surface area contributed by atoms with Gasteiger partial charge in [0.2, 0.25) is 5.91 Å². The number of aromatic nitrogens is 3. The van der Waals surface area contributed by atoms with Crippen LogP contribution in [0, 0.1) is 12.8 Å². The highest BCUT2D eigenvalue weighted by molar-refractivity contribution is 5.81. The number of carbonyl (C=O) groups is 1. The SMILES string of the molecule is CO[C@H]1C[C@@H](c2n[nH]c(C)n2)N(C(=O)C2CC2)C1. The molecule has 0 unspecified atom stereocenters. The highest BCUT2D eigenvalue weighted by Crippen LogP contribution is 2.38. The highest BCUT2D eigenvalue weighted by atomic mass is 16.5. The molecule has 0 radical (unpaired) electrons. The van der Waals surface area contributed by atoms with E-state index < -0.39 is 0 Å². The Morgan fingerprint density at radius 3 is 2.83 bits per heavy atom. The summed E-state index contributed by atoms with van der Waals surface area (Å²) in [7, 11) is 1.69. The standard InChI is InChI=1S/C12H18N4O2/c1-7-13-11(15-14-7)10-5-9(18-2)6-16(10)12(17)8-3-4-8/h8-10H,3-6H2,1-2H3,(H,13,14,15)/t9-,10-/m0/s1. The van der Waals surface area contributed by atoms with Crippen molar-refractivity contribution in [2.75, 3.05) is 13.7 Å². The molecule has 1 aromatic rings. The van der Waals surface area contributed by atoms with E-state index >= 15 is 0 Å². The molecule has 1 aromatic heterocycles. The molecule has 1 saturated carbocycles. The van der Waals surface area contributed by atoms with Gasteiger partial charge in [0.25, 0.3) is 0 Å². The number of nitrogens with zero attached hydrogens (tertiary/aromatic N) is 3. The molecule has 0 spiro atoms. The second kappa shape index (κ2) is 4.35. The number of methoxy groups -OCH3 is 1. The third kappa shape index (κ3) is 2.01. The summed E-state index contributed by atoms with van der Waals surface area (Å²) in [4.78, 5) is 18.5. The number of aryl methyl sites for hydroxylation is 1. The van der Waals surface area contributed by atoms with Gasteiger partial charge in [0.1, 0.15) is 5.82 Å². The molecule has 2 heterocycles. The number of rotatable bonds is 3. The molecule has 2 fully saturated rings. The van der Waals surface area contributed by atoms with Gasteiger partial charge in [-0.3, -0.25) is 9.89 Å². The second-order valence-corrected chi connectivity index (χ2v) is 5.15. The van der Waals surface area contributed by atoms with Crippen LogP contribution < -0.4 is 0 Å². The van der Waals surface area contributed by atoms with Gasteiger partial charge < -0.3 is 9.64 Å². The Bertz CT molecular complexity index is 455. The van der Waals surface area contributed by atoms with Crippen molar-refractivity contribution < 1.29 is 9.53 Å². The Morgan fingerprint density at radius 2 is 2.28 bits per heavy atom. The minimum Gasteiger partial charge on any atom is -0.380 e. The molecule has 1 aliphatic carbocycles. The van der Waals surface area contributed by atoms with Crippen molar-refractivity contribution in [3.8, 4) is 0 Å². The number of nitrogens with one attached hydrogen (secondary N) is 1. The van der Waals surface area contributed by atoms with Crippen molar-refractivity contribution >= 4 is 5.91 Å². The zero-order valence-electron chi connectivity index (χ0n) is 10.7. The number of ether oxygens (including phenoxy) is 1. The average molecular weight is 250 g/mol. The highest BCUT2D eigenvalue weighted by Gasteiger charge is 2.43. The number of hydrogen-bond donors (Lipinski definition) is 1. The summed E-state index contributed by atoms with van der Waals surface area (Å²) < 4.78 is 5.39. The molecular formula is C12H18N4O2. The summed E-state index contributed by atoms with van der Waals surface area (Å²) in [5.41, 5.74) is 0. The predicted molar refractivity (Wildman–Crippen MR) is 63.7 cm³/mol. The van der Waals surface area contributed by atoms with E-state index in [2.05, 4.69) is 15.2 Å². The maximum atomic E-state index is 12.3. The normalized spacial score (nSPS) is 27.8. The van der Waals surface area contributed by atoms with E-state index in [9.17, 15) is 4.79 Å². The Balaban J connectivity index is 1.82. The molecular weight excluding hydrogens is 232 g/mol. The zero-order chi connectivity index (χ0) is 12.7. The molecule has 18 heavy (non-hydrogen) atoms. The average Bonchev–Trinajstić information content (AvgIpc) is 2.98. The molecule has 0 bridgehead atoms. The predicted octanol–water partition coefficient (Wildman–Crippen LogP) is 0.812. The first-order chi connectivity index (χ1) is 8.69. The van der Waals surface area contributed by atoms with Gasteiger partial charge in [-0.25, -0.2) is 4.98 Å². The fraction of sp³-hybridized carbons (Fsp3) is 0.750. The fourth-order valence-electron chi connectivity index (χ4n) is 2.53. The van der Waals surface area contributed by atoms with E-state index in [-0.39, 0.29) is 24.0 Å². The summed E-state index contributed by atoms with van der Waals surface area (Å²) >= 11 is 0. The van der Waals surface area contributed by atoms with Crippen molar-refractivity contribution in [2.24, 2.45) is 5.92 Å². The molecule has 6 nitrogen and oxygen atoms in total. The molecule has 1 amide bonds. The van der Waals surface area contributed by atoms with Gasteiger partial charge >= 0.3 is 0 Å². The topological polar surface area (TPSA) is 71.1 Å². The molecule has 2 atom stereocenters. The monoisotopic (exact) mass is 250 g/mol. The maximum absolute atomic E-state index is 12.3. The number of carbonyl (C=O) groups excluding carboxylic acids is 1. The van der Waals surface area contributed by atoms with Crippen LogP contribution in [0.3, 0.4) is 0 Å². The summed E-state index contributed by atoms with van der Waals surface area (Å²) in [5, 5.41) is 7.04. The number of amides is 1. The van der Waals surface area contributed by atoms with E-state index in [1.165, 1.54) is 0 Å². The number of likely N-dealkylation sites (tertiary alicyclic amines) is 1. The van der Waals surface area contributed by atoms with Crippen LogP contribution in [-0.4, -0.2) is 45.7 Å². The van der Waals surface area contributed by atoms with Crippen LogP contribution in [0.4, 0.5) is 0 Å². The maximum Gasteiger partial charge on any atom is 0.226 e. The Kier molecular flexibility index (Phi) is 2.81. The summed E-state index contributed by atoms with van der Waals surface area (Å²) in [5.74, 6) is 1.95. The van der Waals surface area contributed by atoms with E-state index in [4.69, 9.17) is 4.74 Å². The first kappa shape index (κ1) is 11.6. The van der Waals surface area contributed by atoms with Crippen LogP contribution >= 0.6 is 0 Å². The smallest absolute Gasteiger partial charge is 0.226 e. The largest absolute Gasteiger partial charge is 0.380 e. The molecule has 2 aliphatic rings. The molecule has 1 N–H and O–H groups in total. The van der Waals surface area contributed by atoms with Crippen LogP contribution in [0.25, 0.3) is 0 Å². The van der Waals surface area contributed by atoms with Crippen LogP contribution in [0.5, 0.6) is 0 Å². The van der Waals surface area contributed by atoms with Gasteiger partial charge in [0.15, 0.2) is 5.82 Å². The zero-order valence-corrected chi connectivity index (χ0v) is 10.7. The third-order valence-corrected chi connectivity index (χ3v) is 3.72. The van der Waals surface area contributed by atoms with Crippen LogP contribution in [0.2, 0.25) is 0 Å². The minimum absolute atomic E-state index is 0.0343. The lowest BCUT2D eigenvalue weighted by Gasteiger charge is -2.22. The van der Waals surface area contributed by atoms with Crippen molar-refractivity contribution in [1.82, 2.24) is 20.1 Å². The molecule has 3 rings (SSSR count). The summed E-state index contributed by atoms with van der Waals surface area (Å²) in [6.07, 6.45) is 2.92. The number of hydrogen-bond acceptors (Lipinski definition) is 4. The quantitative estimate of drug-likeness (QED) is 0.861. The molecule has 1 saturated heterocycles. The van der Waals surface area contributed by atoms with Gasteiger partial charge in [-0.05, 0) is 19.8 Å². The Morgan fingerprint density at radius 1 is 1.50 bits per heavy atom. The van der Waals surface area contributed by atoms with Crippen LogP contribution in [0.15, 0.2) is 0 Å². The Hall–Kier alpha value is -1.43. The van der Waals surface area contributed by atoms with Crippen LogP contribution in [-0.2, 0) is 9.53 Å². The summed E-state index contributed by atoms with van der Waals surface area (Å²) in [6, 6.07) is -0.0343. The van der Waals surface area contributed by atoms with Gasteiger partial charge in [-0.1, -0.05) is 0 Å². The first-order valence-corrected chi connectivity index (χ1v) is 6.41. The second-order valence-electron chi connectivity index (χ2n) is 5.15. The number of aromatic amines is 1. The molecule has 6 heteroatoms. The molecule has 98 valence electrons. The van der Waals surface area contributed by atoms with Crippen molar-refractivity contribution in [1.29, 1.82) is 0 Å². The third-order valence-electron chi connectivity index (χ3n) is 3.72. The van der Waals surface area contributed by atoms with Crippen LogP contribution in [0.1, 0.15) is 37.0 Å². The van der Waals surface area contributed by atoms with Gasteiger partial charge in [-0.15, -0.1) is 0 Å². The van der Waals surface area contributed by atoms with E-state index in [1.54, 1.807) is 7.11 Å². The molecule has 1 aliphatic heterocycles.